The molecule has 150 valence electrons. The fourth-order valence-corrected chi connectivity index (χ4v) is 3.93. The second-order valence-corrected chi connectivity index (χ2v) is 7.93. The van der Waals surface area contributed by atoms with E-state index in [9.17, 15) is 4.79 Å². The van der Waals surface area contributed by atoms with E-state index in [1.54, 1.807) is 0 Å². The Morgan fingerprint density at radius 2 is 2.00 bits per heavy atom. The number of aryl methyl sites for hydroxylation is 1. The Hall–Kier alpha value is -2.25. The van der Waals surface area contributed by atoms with Crippen LogP contribution in [0.5, 0.6) is 0 Å². The SMILES string of the molecule is Cc1ccc(-c2noc(CN3CCN(C(=O)CCC4CCNC4)CC3)n2)cc1. The molecule has 1 aromatic heterocycles. The maximum absolute atomic E-state index is 12.5. The van der Waals surface area contributed by atoms with E-state index in [4.69, 9.17) is 4.52 Å². The van der Waals surface area contributed by atoms with Gasteiger partial charge in [0.15, 0.2) is 0 Å². The van der Waals surface area contributed by atoms with Crippen LogP contribution in [-0.2, 0) is 11.3 Å². The van der Waals surface area contributed by atoms with E-state index in [0.717, 1.165) is 51.3 Å². The van der Waals surface area contributed by atoms with Crippen LogP contribution in [0, 0.1) is 12.8 Å². The number of carbonyl (C=O) groups excluding carboxylic acids is 1. The van der Waals surface area contributed by atoms with Crippen molar-refractivity contribution >= 4 is 5.91 Å². The summed E-state index contributed by atoms with van der Waals surface area (Å²) in [7, 11) is 0. The van der Waals surface area contributed by atoms with Crippen LogP contribution in [0.25, 0.3) is 11.4 Å². The minimum absolute atomic E-state index is 0.297. The first-order chi connectivity index (χ1) is 13.7. The zero-order valence-corrected chi connectivity index (χ0v) is 16.6. The van der Waals surface area contributed by atoms with E-state index in [1.165, 1.54) is 12.0 Å². The lowest BCUT2D eigenvalue weighted by atomic mass is 10.0. The highest BCUT2D eigenvalue weighted by Gasteiger charge is 2.24. The summed E-state index contributed by atoms with van der Waals surface area (Å²) in [6.07, 6.45) is 2.89. The molecule has 0 saturated carbocycles. The number of hydrogen-bond donors (Lipinski definition) is 1. The summed E-state index contributed by atoms with van der Waals surface area (Å²) >= 11 is 0. The Labute approximate surface area is 166 Å². The summed E-state index contributed by atoms with van der Waals surface area (Å²) in [5, 5.41) is 7.47. The first kappa shape index (κ1) is 19.1. The average molecular weight is 383 g/mol. The van der Waals surface area contributed by atoms with Gasteiger partial charge in [0, 0.05) is 38.2 Å². The molecule has 0 spiro atoms. The Morgan fingerprint density at radius 1 is 1.21 bits per heavy atom. The third-order valence-corrected chi connectivity index (χ3v) is 5.79. The highest BCUT2D eigenvalue weighted by Crippen LogP contribution is 2.18. The van der Waals surface area contributed by atoms with Gasteiger partial charge in [-0.05, 0) is 38.8 Å². The minimum atomic E-state index is 0.297. The maximum atomic E-state index is 12.5. The van der Waals surface area contributed by atoms with Crippen molar-refractivity contribution in [2.75, 3.05) is 39.3 Å². The summed E-state index contributed by atoms with van der Waals surface area (Å²) in [5.41, 5.74) is 2.17. The van der Waals surface area contributed by atoms with Gasteiger partial charge in [0.2, 0.25) is 17.6 Å². The summed E-state index contributed by atoms with van der Waals surface area (Å²) in [6, 6.07) is 8.11. The molecule has 28 heavy (non-hydrogen) atoms. The van der Waals surface area contributed by atoms with Gasteiger partial charge < -0.3 is 14.7 Å². The first-order valence-electron chi connectivity index (χ1n) is 10.3. The van der Waals surface area contributed by atoms with Gasteiger partial charge in [-0.2, -0.15) is 4.98 Å². The van der Waals surface area contributed by atoms with E-state index in [0.29, 0.717) is 36.5 Å². The van der Waals surface area contributed by atoms with Crippen LogP contribution in [0.2, 0.25) is 0 Å². The van der Waals surface area contributed by atoms with E-state index >= 15 is 0 Å². The Bertz CT molecular complexity index is 774. The number of hydrogen-bond acceptors (Lipinski definition) is 6. The lowest BCUT2D eigenvalue weighted by molar-refractivity contribution is -0.133. The van der Waals surface area contributed by atoms with Gasteiger partial charge in [0.05, 0.1) is 6.54 Å². The number of piperazine rings is 1. The van der Waals surface area contributed by atoms with Gasteiger partial charge in [-0.15, -0.1) is 0 Å². The Kier molecular flexibility index (Phi) is 6.02. The first-order valence-corrected chi connectivity index (χ1v) is 10.3. The molecule has 3 heterocycles. The van der Waals surface area contributed by atoms with E-state index in [-0.39, 0.29) is 0 Å². The molecule has 4 rings (SSSR count). The van der Waals surface area contributed by atoms with Gasteiger partial charge in [-0.1, -0.05) is 35.0 Å². The third kappa shape index (κ3) is 4.77. The number of nitrogens with one attached hydrogen (secondary N) is 1. The zero-order chi connectivity index (χ0) is 19.3. The quantitative estimate of drug-likeness (QED) is 0.823. The Morgan fingerprint density at radius 3 is 2.71 bits per heavy atom. The van der Waals surface area contributed by atoms with Crippen LogP contribution in [0.3, 0.4) is 0 Å². The van der Waals surface area contributed by atoms with Gasteiger partial charge in [-0.25, -0.2) is 0 Å². The monoisotopic (exact) mass is 383 g/mol. The van der Waals surface area contributed by atoms with Crippen molar-refractivity contribution in [1.29, 1.82) is 0 Å². The molecule has 7 nitrogen and oxygen atoms in total. The Balaban J connectivity index is 1.23. The van der Waals surface area contributed by atoms with Crippen molar-refractivity contribution in [3.05, 3.63) is 35.7 Å². The molecule has 1 N–H and O–H groups in total. The highest BCUT2D eigenvalue weighted by atomic mass is 16.5. The zero-order valence-electron chi connectivity index (χ0n) is 16.6. The molecular formula is C21H29N5O2. The summed E-state index contributed by atoms with van der Waals surface area (Å²) in [5.74, 6) is 2.23. The maximum Gasteiger partial charge on any atom is 0.241 e. The van der Waals surface area contributed by atoms with Crippen LogP contribution >= 0.6 is 0 Å². The molecule has 2 saturated heterocycles. The number of rotatable bonds is 6. The standard InChI is InChI=1S/C21H29N5O2/c1-16-2-5-18(6-3-16)21-23-19(28-24-21)15-25-10-12-26(13-11-25)20(27)7-4-17-8-9-22-14-17/h2-3,5-6,17,22H,4,7-15H2,1H3. The van der Waals surface area contributed by atoms with Gasteiger partial charge in [-0.3, -0.25) is 9.69 Å². The van der Waals surface area contributed by atoms with E-state index in [2.05, 4.69) is 27.3 Å². The van der Waals surface area contributed by atoms with Crippen LogP contribution < -0.4 is 5.32 Å². The van der Waals surface area contributed by atoms with Crippen molar-refractivity contribution in [1.82, 2.24) is 25.3 Å². The van der Waals surface area contributed by atoms with Crippen molar-refractivity contribution in [2.24, 2.45) is 5.92 Å². The minimum Gasteiger partial charge on any atom is -0.340 e. The molecule has 0 bridgehead atoms. The molecule has 2 aromatic rings. The fourth-order valence-electron chi connectivity index (χ4n) is 3.93. The molecule has 1 atom stereocenters. The summed E-state index contributed by atoms with van der Waals surface area (Å²) in [6.45, 7) is 8.10. The van der Waals surface area contributed by atoms with Crippen molar-refractivity contribution in [3.8, 4) is 11.4 Å². The lowest BCUT2D eigenvalue weighted by Gasteiger charge is -2.34. The molecule has 2 fully saturated rings. The fraction of sp³-hybridized carbons (Fsp3) is 0.571. The van der Waals surface area contributed by atoms with Gasteiger partial charge >= 0.3 is 0 Å². The second kappa shape index (κ2) is 8.84. The smallest absolute Gasteiger partial charge is 0.241 e. The van der Waals surface area contributed by atoms with Crippen molar-refractivity contribution in [3.63, 3.8) is 0 Å². The number of benzene rings is 1. The molecule has 0 aliphatic carbocycles. The number of aromatic nitrogens is 2. The van der Waals surface area contributed by atoms with Crippen LogP contribution in [0.1, 0.15) is 30.7 Å². The second-order valence-electron chi connectivity index (χ2n) is 7.93. The lowest BCUT2D eigenvalue weighted by Crippen LogP contribution is -2.48. The molecular weight excluding hydrogens is 354 g/mol. The molecule has 0 radical (unpaired) electrons. The van der Waals surface area contributed by atoms with Crippen LogP contribution in [0.15, 0.2) is 28.8 Å². The summed E-state index contributed by atoms with van der Waals surface area (Å²) < 4.78 is 5.43. The third-order valence-electron chi connectivity index (χ3n) is 5.79. The van der Waals surface area contributed by atoms with E-state index < -0.39 is 0 Å². The molecule has 2 aliphatic rings. The average Bonchev–Trinajstić information content (AvgIpc) is 3.39. The molecule has 1 amide bonds. The number of carbonyl (C=O) groups is 1. The van der Waals surface area contributed by atoms with Crippen molar-refractivity contribution < 1.29 is 9.32 Å². The van der Waals surface area contributed by atoms with Crippen LogP contribution in [0.4, 0.5) is 0 Å². The van der Waals surface area contributed by atoms with Gasteiger partial charge in [0.1, 0.15) is 0 Å². The molecule has 1 unspecified atom stereocenters. The van der Waals surface area contributed by atoms with Crippen LogP contribution in [-0.4, -0.2) is 65.1 Å². The number of amides is 1. The van der Waals surface area contributed by atoms with E-state index in [1.807, 2.05) is 29.2 Å². The summed E-state index contributed by atoms with van der Waals surface area (Å²) in [4.78, 5) is 21.3. The van der Waals surface area contributed by atoms with Crippen molar-refractivity contribution in [2.45, 2.75) is 32.7 Å². The topological polar surface area (TPSA) is 74.5 Å². The number of nitrogens with zero attached hydrogens (tertiary/aromatic N) is 4. The predicted octanol–water partition coefficient (Wildman–Crippen LogP) is 2.08. The molecule has 1 aromatic carbocycles. The largest absolute Gasteiger partial charge is 0.340 e. The van der Waals surface area contributed by atoms with Gasteiger partial charge in [0.25, 0.3) is 0 Å². The predicted molar refractivity (Wildman–Crippen MR) is 107 cm³/mol. The highest BCUT2D eigenvalue weighted by molar-refractivity contribution is 5.76. The molecule has 7 heteroatoms. The molecule has 2 aliphatic heterocycles. The normalized spacial score (nSPS) is 20.6.